The first-order valence-electron chi connectivity index (χ1n) is 7.58. The highest BCUT2D eigenvalue weighted by Gasteiger charge is 2.41. The van der Waals surface area contributed by atoms with Crippen LogP contribution >= 0.6 is 11.3 Å². The van der Waals surface area contributed by atoms with Crippen molar-refractivity contribution in [1.29, 1.82) is 0 Å². The fourth-order valence-corrected chi connectivity index (χ4v) is 3.63. The number of amides is 1. The lowest BCUT2D eigenvalue weighted by Gasteiger charge is -2.21. The Balaban J connectivity index is 1.91. The summed E-state index contributed by atoms with van der Waals surface area (Å²) >= 11 is 1.51. The molecule has 0 bridgehead atoms. The SMILES string of the molecule is CO[C@H]1C[C@H](c2nc(C)no2)N(C(=O)c2ncsc2C(C)C)C1. The van der Waals surface area contributed by atoms with Gasteiger partial charge in [-0.2, -0.15) is 4.98 Å². The summed E-state index contributed by atoms with van der Waals surface area (Å²) in [6, 6.07) is -0.268. The van der Waals surface area contributed by atoms with Crippen LogP contribution < -0.4 is 0 Å². The molecule has 0 spiro atoms. The second-order valence-corrected chi connectivity index (χ2v) is 6.85. The number of nitrogens with zero attached hydrogens (tertiary/aromatic N) is 4. The Hall–Kier alpha value is -1.80. The molecule has 0 N–H and O–H groups in total. The first-order valence-corrected chi connectivity index (χ1v) is 8.46. The lowest BCUT2D eigenvalue weighted by atomic mass is 10.1. The van der Waals surface area contributed by atoms with Gasteiger partial charge in [0.15, 0.2) is 5.82 Å². The van der Waals surface area contributed by atoms with Crippen molar-refractivity contribution in [2.24, 2.45) is 0 Å². The Morgan fingerprint density at radius 1 is 1.52 bits per heavy atom. The van der Waals surface area contributed by atoms with Crippen molar-refractivity contribution in [3.63, 3.8) is 0 Å². The minimum absolute atomic E-state index is 0.0442. The van der Waals surface area contributed by atoms with E-state index in [0.717, 1.165) is 4.88 Å². The third-order valence-electron chi connectivity index (χ3n) is 4.01. The van der Waals surface area contributed by atoms with Crippen LogP contribution in [0.1, 0.15) is 59.3 Å². The molecule has 0 radical (unpaired) electrons. The van der Waals surface area contributed by atoms with Crippen LogP contribution in [0.4, 0.5) is 0 Å². The van der Waals surface area contributed by atoms with E-state index in [0.29, 0.717) is 30.4 Å². The van der Waals surface area contributed by atoms with Crippen molar-refractivity contribution in [3.8, 4) is 0 Å². The van der Waals surface area contributed by atoms with Crippen LogP contribution in [0.15, 0.2) is 10.0 Å². The van der Waals surface area contributed by atoms with E-state index in [1.807, 2.05) is 0 Å². The number of thiazole rings is 1. The molecule has 8 heteroatoms. The highest BCUT2D eigenvalue weighted by molar-refractivity contribution is 7.10. The van der Waals surface area contributed by atoms with Crippen molar-refractivity contribution in [1.82, 2.24) is 20.0 Å². The van der Waals surface area contributed by atoms with Crippen molar-refractivity contribution in [3.05, 3.63) is 27.8 Å². The van der Waals surface area contributed by atoms with Crippen LogP contribution in [0, 0.1) is 6.92 Å². The van der Waals surface area contributed by atoms with Gasteiger partial charge in [-0.3, -0.25) is 4.79 Å². The molecule has 3 heterocycles. The number of aromatic nitrogens is 3. The van der Waals surface area contributed by atoms with Gasteiger partial charge in [-0.15, -0.1) is 11.3 Å². The number of carbonyl (C=O) groups is 1. The minimum Gasteiger partial charge on any atom is -0.380 e. The maximum Gasteiger partial charge on any atom is 0.274 e. The van der Waals surface area contributed by atoms with Gasteiger partial charge >= 0.3 is 0 Å². The molecule has 23 heavy (non-hydrogen) atoms. The number of likely N-dealkylation sites (tertiary alicyclic amines) is 1. The molecule has 1 saturated heterocycles. The van der Waals surface area contributed by atoms with E-state index in [-0.39, 0.29) is 24.0 Å². The fraction of sp³-hybridized carbons (Fsp3) is 0.600. The summed E-state index contributed by atoms with van der Waals surface area (Å²) in [7, 11) is 1.65. The maximum absolute atomic E-state index is 13.0. The van der Waals surface area contributed by atoms with Crippen molar-refractivity contribution in [2.45, 2.75) is 45.3 Å². The molecule has 7 nitrogen and oxygen atoms in total. The predicted octanol–water partition coefficient (Wildman–Crippen LogP) is 2.56. The van der Waals surface area contributed by atoms with Gasteiger partial charge in [0.2, 0.25) is 5.89 Å². The Kier molecular flexibility index (Phi) is 4.45. The summed E-state index contributed by atoms with van der Waals surface area (Å²) < 4.78 is 10.7. The molecule has 0 aromatic carbocycles. The molecule has 0 saturated carbocycles. The third kappa shape index (κ3) is 3.00. The predicted molar refractivity (Wildman–Crippen MR) is 84.4 cm³/mol. The highest BCUT2D eigenvalue weighted by atomic mass is 32.1. The van der Waals surface area contributed by atoms with Gasteiger partial charge in [-0.1, -0.05) is 19.0 Å². The lowest BCUT2D eigenvalue weighted by Crippen LogP contribution is -2.33. The molecule has 1 aliphatic rings. The second-order valence-electron chi connectivity index (χ2n) is 5.97. The van der Waals surface area contributed by atoms with E-state index >= 15 is 0 Å². The van der Waals surface area contributed by atoms with Crippen molar-refractivity contribution >= 4 is 17.2 Å². The molecule has 2 aromatic rings. The Bertz CT molecular complexity index is 696. The zero-order chi connectivity index (χ0) is 16.6. The van der Waals surface area contributed by atoms with Crippen LogP contribution in [-0.4, -0.2) is 45.7 Å². The third-order valence-corrected chi connectivity index (χ3v) is 5.14. The van der Waals surface area contributed by atoms with Crippen LogP contribution in [0.2, 0.25) is 0 Å². The molecule has 2 aromatic heterocycles. The zero-order valence-corrected chi connectivity index (χ0v) is 14.5. The van der Waals surface area contributed by atoms with Gasteiger partial charge in [0, 0.05) is 25.0 Å². The van der Waals surface area contributed by atoms with Gasteiger partial charge in [0.25, 0.3) is 5.91 Å². The van der Waals surface area contributed by atoms with E-state index in [2.05, 4.69) is 29.0 Å². The van der Waals surface area contributed by atoms with Crippen LogP contribution in [0.3, 0.4) is 0 Å². The molecule has 1 amide bonds. The summed E-state index contributed by atoms with van der Waals surface area (Å²) in [5.74, 6) is 1.17. The summed E-state index contributed by atoms with van der Waals surface area (Å²) in [6.45, 7) is 6.38. The van der Waals surface area contributed by atoms with Crippen molar-refractivity contribution in [2.75, 3.05) is 13.7 Å². The average molecular weight is 336 g/mol. The van der Waals surface area contributed by atoms with Gasteiger partial charge in [-0.25, -0.2) is 4.98 Å². The number of hydrogen-bond donors (Lipinski definition) is 0. The normalized spacial score (nSPS) is 21.3. The maximum atomic E-state index is 13.0. The van der Waals surface area contributed by atoms with E-state index in [1.165, 1.54) is 11.3 Å². The van der Waals surface area contributed by atoms with Crippen LogP contribution in [0.5, 0.6) is 0 Å². The quantitative estimate of drug-likeness (QED) is 0.853. The number of carbonyl (C=O) groups excluding carboxylic acids is 1. The molecule has 1 fully saturated rings. The van der Waals surface area contributed by atoms with Gasteiger partial charge in [0.05, 0.1) is 11.6 Å². The van der Waals surface area contributed by atoms with Crippen molar-refractivity contribution < 1.29 is 14.1 Å². The summed E-state index contributed by atoms with van der Waals surface area (Å²) in [6.07, 6.45) is 0.600. The van der Waals surface area contributed by atoms with Gasteiger partial charge in [0.1, 0.15) is 11.7 Å². The number of aryl methyl sites for hydroxylation is 1. The largest absolute Gasteiger partial charge is 0.380 e. The second kappa shape index (κ2) is 6.37. The average Bonchev–Trinajstić information content (AvgIpc) is 3.24. The summed E-state index contributed by atoms with van der Waals surface area (Å²) in [4.78, 5) is 24.3. The first-order chi connectivity index (χ1) is 11.0. The van der Waals surface area contributed by atoms with E-state index in [1.54, 1.807) is 24.4 Å². The number of methoxy groups -OCH3 is 1. The summed E-state index contributed by atoms with van der Waals surface area (Å²) in [5.41, 5.74) is 2.24. The van der Waals surface area contributed by atoms with E-state index in [9.17, 15) is 4.79 Å². The summed E-state index contributed by atoms with van der Waals surface area (Å²) in [5, 5.41) is 3.84. The Morgan fingerprint density at radius 2 is 2.30 bits per heavy atom. The number of ether oxygens (including phenoxy) is 1. The van der Waals surface area contributed by atoms with Crippen LogP contribution in [0.25, 0.3) is 0 Å². The first kappa shape index (κ1) is 16.1. The van der Waals surface area contributed by atoms with Gasteiger partial charge in [-0.05, 0) is 12.8 Å². The number of rotatable bonds is 4. The molecule has 124 valence electrons. The molecule has 2 atom stereocenters. The smallest absolute Gasteiger partial charge is 0.274 e. The zero-order valence-electron chi connectivity index (χ0n) is 13.6. The lowest BCUT2D eigenvalue weighted by molar-refractivity contribution is 0.0664. The Labute approximate surface area is 138 Å². The molecule has 0 aliphatic carbocycles. The van der Waals surface area contributed by atoms with E-state index in [4.69, 9.17) is 9.26 Å². The van der Waals surface area contributed by atoms with Gasteiger partial charge < -0.3 is 14.2 Å². The minimum atomic E-state index is -0.268. The monoisotopic (exact) mass is 336 g/mol. The molecular formula is C15H20N4O3S. The van der Waals surface area contributed by atoms with Crippen LogP contribution in [-0.2, 0) is 4.74 Å². The Morgan fingerprint density at radius 3 is 2.91 bits per heavy atom. The molecular weight excluding hydrogens is 316 g/mol. The molecule has 3 rings (SSSR count). The topological polar surface area (TPSA) is 81.4 Å². The molecule has 0 unspecified atom stereocenters. The number of hydrogen-bond acceptors (Lipinski definition) is 7. The molecule has 1 aliphatic heterocycles. The van der Waals surface area contributed by atoms with E-state index < -0.39 is 0 Å². The fourth-order valence-electron chi connectivity index (χ4n) is 2.84. The highest BCUT2D eigenvalue weighted by Crippen LogP contribution is 2.35. The standard InChI is InChI=1S/C15H20N4O3S/c1-8(2)13-12(16-7-23-13)15(20)19-6-10(21-4)5-11(19)14-17-9(3)18-22-14/h7-8,10-11H,5-6H2,1-4H3/t10-,11+/m0/s1.